The van der Waals surface area contributed by atoms with Crippen molar-refractivity contribution in [2.24, 2.45) is 0 Å². The topological polar surface area (TPSA) is 29.5 Å². The molecule has 2 rings (SSSR count). The molecule has 1 aromatic carbocycles. The van der Waals surface area contributed by atoms with E-state index in [9.17, 15) is 4.79 Å². The number of carbonyl (C=O) groups excluding carboxylic acids is 1. The summed E-state index contributed by atoms with van der Waals surface area (Å²) in [4.78, 5) is 13.8. The molecule has 0 aromatic heterocycles. The van der Waals surface area contributed by atoms with Gasteiger partial charge in [-0.25, -0.2) is 0 Å². The van der Waals surface area contributed by atoms with Gasteiger partial charge in [-0.3, -0.25) is 0 Å². The molecule has 0 N–H and O–H groups in total. The van der Waals surface area contributed by atoms with Gasteiger partial charge in [-0.15, -0.1) is 0 Å². The molecule has 1 atom stereocenters. The number of likely N-dealkylation sites (tertiary alicyclic amines) is 1. The van der Waals surface area contributed by atoms with E-state index in [1.165, 1.54) is 18.1 Å². The van der Waals surface area contributed by atoms with Crippen LogP contribution < -0.4 is 0 Å². The molecular weight excluding hydrogens is 301 g/mol. The maximum absolute atomic E-state index is 11.9. The Bertz CT molecular complexity index is 388. The third kappa shape index (κ3) is 4.58. The zero-order valence-electron chi connectivity index (χ0n) is 11.5. The van der Waals surface area contributed by atoms with E-state index in [0.29, 0.717) is 6.61 Å². The Morgan fingerprint density at radius 2 is 2.00 bits per heavy atom. The second kappa shape index (κ2) is 7.59. The maximum atomic E-state index is 11.9. The number of carbonyl (C=O) groups is 1. The average Bonchev–Trinajstić information content (AvgIpc) is 2.47. The zero-order chi connectivity index (χ0) is 13.5. The molecule has 0 spiro atoms. The van der Waals surface area contributed by atoms with Crippen molar-refractivity contribution in [3.05, 3.63) is 35.9 Å². The van der Waals surface area contributed by atoms with Crippen molar-refractivity contribution in [2.75, 3.05) is 13.1 Å². The van der Waals surface area contributed by atoms with E-state index in [1.54, 1.807) is 0 Å². The van der Waals surface area contributed by atoms with Gasteiger partial charge in [-0.1, -0.05) is 0 Å². The molecule has 0 bridgehead atoms. The summed E-state index contributed by atoms with van der Waals surface area (Å²) in [5.41, 5.74) is 1.04. The first kappa shape index (κ1) is 14.5. The van der Waals surface area contributed by atoms with Crippen molar-refractivity contribution in [2.45, 2.75) is 36.3 Å². The fourth-order valence-corrected chi connectivity index (χ4v) is 4.98. The Kier molecular flexibility index (Phi) is 5.78. The van der Waals surface area contributed by atoms with Gasteiger partial charge in [0, 0.05) is 0 Å². The van der Waals surface area contributed by atoms with Crippen LogP contribution in [0.25, 0.3) is 0 Å². The summed E-state index contributed by atoms with van der Waals surface area (Å²) in [6.45, 7) is 4.41. The van der Waals surface area contributed by atoms with E-state index in [2.05, 4.69) is 6.92 Å². The second-order valence-electron chi connectivity index (χ2n) is 4.86. The van der Waals surface area contributed by atoms with Crippen molar-refractivity contribution in [3.63, 3.8) is 0 Å². The van der Waals surface area contributed by atoms with Crippen LogP contribution in [0.5, 0.6) is 0 Å². The Morgan fingerprint density at radius 3 is 2.63 bits per heavy atom. The van der Waals surface area contributed by atoms with Crippen molar-refractivity contribution in [1.29, 1.82) is 0 Å². The van der Waals surface area contributed by atoms with Crippen LogP contribution >= 0.6 is 0 Å². The van der Waals surface area contributed by atoms with Crippen molar-refractivity contribution in [1.82, 2.24) is 4.90 Å². The molecule has 1 amide bonds. The minimum atomic E-state index is -0.154. The average molecular weight is 323 g/mol. The summed E-state index contributed by atoms with van der Waals surface area (Å²) in [6.07, 6.45) is 2.20. The number of hydrogen-bond donors (Lipinski definition) is 0. The molecule has 1 heterocycles. The molecule has 19 heavy (non-hydrogen) atoms. The van der Waals surface area contributed by atoms with Crippen LogP contribution in [0.15, 0.2) is 30.3 Å². The normalized spacial score (nSPS) is 17.0. The number of nitrogens with zero attached hydrogens (tertiary/aromatic N) is 1. The van der Waals surface area contributed by atoms with Crippen LogP contribution in [0, 0.1) is 0 Å². The molecule has 1 fully saturated rings. The Balaban J connectivity index is 1.73. The zero-order valence-corrected chi connectivity index (χ0v) is 13.6. The summed E-state index contributed by atoms with van der Waals surface area (Å²) >= 11 is 0.215. The van der Waals surface area contributed by atoms with Crippen LogP contribution in [-0.4, -0.2) is 39.8 Å². The monoisotopic (exact) mass is 323 g/mol. The van der Waals surface area contributed by atoms with E-state index in [0.717, 1.165) is 23.4 Å². The summed E-state index contributed by atoms with van der Waals surface area (Å²) in [7, 11) is 0. The van der Waals surface area contributed by atoms with Gasteiger partial charge < -0.3 is 0 Å². The Labute approximate surface area is 122 Å². The Morgan fingerprint density at radius 1 is 1.32 bits per heavy atom. The van der Waals surface area contributed by atoms with Crippen LogP contribution in [-0.2, 0) is 11.3 Å². The predicted molar refractivity (Wildman–Crippen MR) is 78.8 cm³/mol. The summed E-state index contributed by atoms with van der Waals surface area (Å²) in [5, 5.41) is 1.36. The summed E-state index contributed by atoms with van der Waals surface area (Å²) in [5.74, 6) is 0. The van der Waals surface area contributed by atoms with E-state index in [4.69, 9.17) is 4.74 Å². The number of benzene rings is 1. The molecule has 1 unspecified atom stereocenters. The quantitative estimate of drug-likeness (QED) is 0.797. The molecule has 1 aliphatic rings. The van der Waals surface area contributed by atoms with Crippen molar-refractivity contribution in [3.8, 4) is 0 Å². The van der Waals surface area contributed by atoms with Crippen LogP contribution in [0.1, 0.15) is 25.3 Å². The van der Waals surface area contributed by atoms with Crippen LogP contribution in [0.2, 0.25) is 9.91 Å². The number of piperidine rings is 1. The molecule has 3 nitrogen and oxygen atoms in total. The number of rotatable bonds is 4. The van der Waals surface area contributed by atoms with E-state index >= 15 is 0 Å². The van der Waals surface area contributed by atoms with Gasteiger partial charge in [-0.05, 0) is 0 Å². The predicted octanol–water partition coefficient (Wildman–Crippen LogP) is 3.08. The standard InChI is InChI=1S/C15H22AsNO2/c1-2-16-14-8-10-17(11-9-14)15(18)19-12-13-6-4-3-5-7-13/h3-7,14,16H,2,8-12H2,1H3. The van der Waals surface area contributed by atoms with Gasteiger partial charge in [0.05, 0.1) is 0 Å². The Hall–Kier alpha value is -0.952. The third-order valence-corrected chi connectivity index (χ3v) is 6.73. The summed E-state index contributed by atoms with van der Waals surface area (Å²) in [6, 6.07) is 9.85. The fraction of sp³-hybridized carbons (Fsp3) is 0.533. The molecule has 0 radical (unpaired) electrons. The van der Waals surface area contributed by atoms with Crippen LogP contribution in [0.3, 0.4) is 0 Å². The van der Waals surface area contributed by atoms with Gasteiger partial charge in [0.1, 0.15) is 0 Å². The van der Waals surface area contributed by atoms with Crippen molar-refractivity contribution < 1.29 is 9.53 Å². The van der Waals surface area contributed by atoms with Gasteiger partial charge >= 0.3 is 122 Å². The number of hydrogen-bond acceptors (Lipinski definition) is 2. The number of ether oxygens (including phenoxy) is 1. The molecular formula is C15H22AsNO2. The number of amides is 1. The molecule has 4 heteroatoms. The molecule has 104 valence electrons. The van der Waals surface area contributed by atoms with Crippen molar-refractivity contribution >= 4 is 21.8 Å². The molecule has 1 saturated heterocycles. The third-order valence-electron chi connectivity index (χ3n) is 3.45. The minimum absolute atomic E-state index is 0.154. The second-order valence-corrected chi connectivity index (χ2v) is 8.91. The van der Waals surface area contributed by atoms with E-state index in [-0.39, 0.29) is 21.8 Å². The molecule has 1 aliphatic heterocycles. The SMILES string of the molecule is CC[AsH]C1CCN(C(=O)OCc2ccccc2)CC1. The first-order valence-electron chi connectivity index (χ1n) is 6.98. The summed E-state index contributed by atoms with van der Waals surface area (Å²) < 4.78 is 6.28. The van der Waals surface area contributed by atoms with Gasteiger partial charge in [0.25, 0.3) is 0 Å². The first-order chi connectivity index (χ1) is 9.29. The van der Waals surface area contributed by atoms with Gasteiger partial charge in [0.15, 0.2) is 0 Å². The first-order valence-corrected chi connectivity index (χ1v) is 9.68. The van der Waals surface area contributed by atoms with E-state index < -0.39 is 0 Å². The fourth-order valence-electron chi connectivity index (χ4n) is 2.37. The van der Waals surface area contributed by atoms with Gasteiger partial charge in [0.2, 0.25) is 0 Å². The molecule has 1 aromatic rings. The van der Waals surface area contributed by atoms with E-state index in [1.807, 2.05) is 35.2 Å². The van der Waals surface area contributed by atoms with Crippen LogP contribution in [0.4, 0.5) is 4.79 Å². The van der Waals surface area contributed by atoms with Gasteiger partial charge in [-0.2, -0.15) is 0 Å². The molecule has 0 saturated carbocycles. The molecule has 0 aliphatic carbocycles.